The summed E-state index contributed by atoms with van der Waals surface area (Å²) in [4.78, 5) is 12.4. The van der Waals surface area contributed by atoms with Crippen molar-refractivity contribution >= 4 is 38.0 Å². The second-order valence-electron chi connectivity index (χ2n) is 9.61. The molecule has 2 aromatic carbocycles. The van der Waals surface area contributed by atoms with Crippen molar-refractivity contribution in [1.29, 1.82) is 0 Å². The third kappa shape index (κ3) is 6.45. The average molecular weight is 583 g/mol. The predicted molar refractivity (Wildman–Crippen MR) is 145 cm³/mol. The van der Waals surface area contributed by atoms with Crippen LogP contribution in [-0.2, 0) is 26.5 Å². The number of aromatic nitrogens is 1. The van der Waals surface area contributed by atoms with Crippen LogP contribution in [0.2, 0.25) is 0 Å². The Labute approximate surface area is 228 Å². The number of ether oxygens (including phenoxy) is 1. The van der Waals surface area contributed by atoms with Crippen LogP contribution in [0.3, 0.4) is 0 Å². The first kappa shape index (κ1) is 30.2. The fourth-order valence-corrected chi connectivity index (χ4v) is 6.84. The Balaban J connectivity index is 0.000000532. The molecule has 4 rings (SSSR count). The van der Waals surface area contributed by atoms with E-state index >= 15 is 0 Å². The number of alkyl halides is 3. The van der Waals surface area contributed by atoms with Gasteiger partial charge in [0, 0.05) is 22.0 Å². The van der Waals surface area contributed by atoms with Gasteiger partial charge in [-0.3, -0.25) is 0 Å². The van der Waals surface area contributed by atoms with Gasteiger partial charge in [-0.15, -0.1) is 11.3 Å². The van der Waals surface area contributed by atoms with E-state index in [-0.39, 0.29) is 5.41 Å². The maximum Gasteiger partial charge on any atom is 0.490 e. The molecule has 0 unspecified atom stereocenters. The summed E-state index contributed by atoms with van der Waals surface area (Å²) in [5.74, 6) is -2.21. The first-order valence-electron chi connectivity index (χ1n) is 11.7. The minimum atomic E-state index is -5.08. The zero-order valence-electron chi connectivity index (χ0n) is 21.7. The Morgan fingerprint density at radius 2 is 1.69 bits per heavy atom. The monoisotopic (exact) mass is 582 g/mol. The maximum absolute atomic E-state index is 13.9. The molecule has 0 bridgehead atoms. The third-order valence-corrected chi connectivity index (χ3v) is 9.15. The number of thiophene rings is 1. The molecule has 0 spiro atoms. The van der Waals surface area contributed by atoms with Crippen LogP contribution in [-0.4, -0.2) is 44.3 Å². The molecule has 2 heterocycles. The Bertz CT molecular complexity index is 1550. The van der Waals surface area contributed by atoms with Crippen LogP contribution in [0, 0.1) is 0 Å². The second kappa shape index (κ2) is 11.4. The van der Waals surface area contributed by atoms with Crippen molar-refractivity contribution in [2.24, 2.45) is 5.73 Å². The van der Waals surface area contributed by atoms with E-state index < -0.39 is 22.0 Å². The van der Waals surface area contributed by atoms with Crippen molar-refractivity contribution in [2.45, 2.75) is 47.9 Å². The van der Waals surface area contributed by atoms with Gasteiger partial charge in [0.1, 0.15) is 4.21 Å². The van der Waals surface area contributed by atoms with Crippen LogP contribution in [0.5, 0.6) is 5.88 Å². The van der Waals surface area contributed by atoms with Crippen LogP contribution < -0.4 is 10.5 Å². The number of halogens is 3. The number of aliphatic carboxylic acids is 1. The first-order valence-corrected chi connectivity index (χ1v) is 14.1. The molecular weight excluding hydrogens is 553 g/mol. The van der Waals surface area contributed by atoms with Gasteiger partial charge in [-0.1, -0.05) is 57.2 Å². The largest absolute Gasteiger partial charge is 0.490 e. The summed E-state index contributed by atoms with van der Waals surface area (Å²) >= 11 is 1.22. The van der Waals surface area contributed by atoms with Crippen molar-refractivity contribution in [1.82, 2.24) is 4.98 Å². The second-order valence-corrected chi connectivity index (χ2v) is 12.7. The highest BCUT2D eigenvalue weighted by atomic mass is 32.2. The Hall–Kier alpha value is -3.35. The maximum atomic E-state index is 13.9. The summed E-state index contributed by atoms with van der Waals surface area (Å²) in [6, 6.07) is 15.3. The fourth-order valence-electron chi connectivity index (χ4n) is 4.03. The Morgan fingerprint density at radius 1 is 1.08 bits per heavy atom. The van der Waals surface area contributed by atoms with E-state index in [0.29, 0.717) is 38.9 Å². The van der Waals surface area contributed by atoms with Crippen molar-refractivity contribution < 1.29 is 36.2 Å². The summed E-state index contributed by atoms with van der Waals surface area (Å²) in [6.45, 7) is 6.86. The number of nitrogens with one attached hydrogen (secondary N) is 1. The number of carboxylic acid groups (broad SMARTS) is 1. The number of H-pyrrole nitrogens is 1. The fraction of sp³-hybridized carbons (Fsp3) is 0.296. The lowest BCUT2D eigenvalue weighted by atomic mass is 9.86. The minimum Gasteiger partial charge on any atom is -0.482 e. The molecule has 210 valence electrons. The van der Waals surface area contributed by atoms with Crippen molar-refractivity contribution in [3.05, 3.63) is 65.0 Å². The van der Waals surface area contributed by atoms with Gasteiger partial charge in [-0.05, 0) is 47.0 Å². The number of methoxy groups -OCH3 is 1. The van der Waals surface area contributed by atoms with E-state index in [1.165, 1.54) is 16.9 Å². The zero-order chi connectivity index (χ0) is 29.2. The summed E-state index contributed by atoms with van der Waals surface area (Å²) in [7, 11) is -2.20. The van der Waals surface area contributed by atoms with Crippen molar-refractivity contribution in [3.63, 3.8) is 0 Å². The molecule has 0 aliphatic carbocycles. The zero-order valence-corrected chi connectivity index (χ0v) is 23.4. The molecule has 0 fully saturated rings. The van der Waals surface area contributed by atoms with Gasteiger partial charge in [0.15, 0.2) is 5.88 Å². The number of sulfone groups is 1. The molecule has 39 heavy (non-hydrogen) atoms. The molecule has 4 aromatic rings. The van der Waals surface area contributed by atoms with Crippen LogP contribution in [0.4, 0.5) is 13.2 Å². The number of nitrogens with two attached hydrogens (primary N) is 1. The molecule has 0 aliphatic rings. The van der Waals surface area contributed by atoms with E-state index in [1.54, 1.807) is 24.6 Å². The van der Waals surface area contributed by atoms with Gasteiger partial charge in [-0.25, -0.2) is 13.2 Å². The lowest BCUT2D eigenvalue weighted by molar-refractivity contribution is -0.192. The summed E-state index contributed by atoms with van der Waals surface area (Å²) in [5.41, 5.74) is 10.1. The molecule has 7 nitrogen and oxygen atoms in total. The smallest absolute Gasteiger partial charge is 0.482 e. The van der Waals surface area contributed by atoms with Crippen LogP contribution in [0.25, 0.3) is 22.0 Å². The first-order chi connectivity index (χ1) is 18.1. The number of carbonyl (C=O) groups is 1. The van der Waals surface area contributed by atoms with E-state index in [9.17, 15) is 21.6 Å². The quantitative estimate of drug-likeness (QED) is 0.250. The lowest BCUT2D eigenvalue weighted by Crippen LogP contribution is -2.21. The molecule has 2 aromatic heterocycles. The van der Waals surface area contributed by atoms with Crippen LogP contribution >= 0.6 is 11.3 Å². The molecule has 0 radical (unpaired) electrons. The predicted octanol–water partition coefficient (Wildman–Crippen LogP) is 6.17. The summed E-state index contributed by atoms with van der Waals surface area (Å²) < 4.78 is 65.4. The van der Waals surface area contributed by atoms with Gasteiger partial charge in [-0.2, -0.15) is 13.2 Å². The molecule has 4 N–H and O–H groups in total. The lowest BCUT2D eigenvalue weighted by Gasteiger charge is -2.20. The number of rotatable bonds is 6. The molecular formula is C27H29F3N2O5S2. The van der Waals surface area contributed by atoms with Gasteiger partial charge >= 0.3 is 12.1 Å². The van der Waals surface area contributed by atoms with E-state index in [0.717, 1.165) is 16.6 Å². The van der Waals surface area contributed by atoms with Gasteiger partial charge < -0.3 is 20.6 Å². The number of hydrogen-bond donors (Lipinski definition) is 3. The molecule has 0 atom stereocenters. The molecule has 0 saturated heterocycles. The minimum absolute atomic E-state index is 0.0106. The highest BCUT2D eigenvalue weighted by Crippen LogP contribution is 2.42. The number of hydrogen-bond acceptors (Lipinski definition) is 6. The van der Waals surface area contributed by atoms with E-state index in [2.05, 4.69) is 37.9 Å². The highest BCUT2D eigenvalue weighted by Gasteiger charge is 2.38. The molecule has 0 aliphatic heterocycles. The number of aromatic amines is 1. The summed E-state index contributed by atoms with van der Waals surface area (Å²) in [6.07, 6.45) is -4.58. The molecule has 0 saturated carbocycles. The average Bonchev–Trinajstić information content (AvgIpc) is 3.52. The van der Waals surface area contributed by atoms with Gasteiger partial charge in [0.25, 0.3) is 0 Å². The standard InChI is InChI=1S/C25H28N2O3S2.C2HF3O2/c1-25(2,3)17-9-7-16(8-10-17)18-11-12-20-22(19(13-14-26)24(27-20)30-4)23(18)32(28,29)21-6-5-15-31-21;3-2(4,5)1(6)7/h5-12,15,27H,13-14,26H2,1-4H3;(H,6,7). The molecule has 12 heteroatoms. The highest BCUT2D eigenvalue weighted by molar-refractivity contribution is 7.93. The number of benzene rings is 2. The van der Waals surface area contributed by atoms with Crippen LogP contribution in [0.15, 0.2) is 63.0 Å². The Kier molecular flexibility index (Phi) is 8.83. The van der Waals surface area contributed by atoms with Crippen LogP contribution in [0.1, 0.15) is 31.9 Å². The third-order valence-electron chi connectivity index (χ3n) is 5.91. The number of carboxylic acids is 1. The van der Waals surface area contributed by atoms with E-state index in [4.69, 9.17) is 20.4 Å². The van der Waals surface area contributed by atoms with Crippen molar-refractivity contribution in [2.75, 3.05) is 13.7 Å². The molecule has 0 amide bonds. The van der Waals surface area contributed by atoms with E-state index in [1.807, 2.05) is 24.3 Å². The SMILES string of the molecule is COc1[nH]c2ccc(-c3ccc(C(C)(C)C)cc3)c(S(=O)(=O)c3cccs3)c2c1CCN.O=C(O)C(F)(F)F. The normalized spacial score (nSPS) is 12.2. The van der Waals surface area contributed by atoms with Gasteiger partial charge in [0.2, 0.25) is 9.84 Å². The van der Waals surface area contributed by atoms with Gasteiger partial charge in [0.05, 0.1) is 12.0 Å². The van der Waals surface area contributed by atoms with Crippen molar-refractivity contribution in [3.8, 4) is 17.0 Å². The Morgan fingerprint density at radius 3 is 2.15 bits per heavy atom. The topological polar surface area (TPSA) is 122 Å². The summed E-state index contributed by atoms with van der Waals surface area (Å²) in [5, 5.41) is 9.56. The number of fused-ring (bicyclic) bond motifs is 1.